The maximum absolute atomic E-state index is 15.0. The Kier molecular flexibility index (Phi) is 6.04. The van der Waals surface area contributed by atoms with Crippen LogP contribution in [0, 0.1) is 11.8 Å². The number of nitrogens with one attached hydrogen (secondary N) is 1. The van der Waals surface area contributed by atoms with Gasteiger partial charge in [-0.15, -0.1) is 0 Å². The first kappa shape index (κ1) is 21.2. The molecule has 1 aromatic rings. The van der Waals surface area contributed by atoms with Crippen LogP contribution in [0.15, 0.2) is 54.1 Å². The smallest absolute Gasteiger partial charge is 0.224 e. The summed E-state index contributed by atoms with van der Waals surface area (Å²) in [4.78, 5) is 14.8. The van der Waals surface area contributed by atoms with Crippen molar-refractivity contribution in [3.8, 4) is 0 Å². The Hall–Kier alpha value is -2.09. The number of ether oxygens (including phenoxy) is 2. The van der Waals surface area contributed by atoms with Crippen molar-refractivity contribution >= 4 is 5.91 Å². The minimum absolute atomic E-state index is 0.151. The number of hydrogen-bond donors (Lipinski definition) is 1. The fourth-order valence-corrected chi connectivity index (χ4v) is 5.28. The number of amides is 1. The molecule has 7 heteroatoms. The Morgan fingerprint density at radius 1 is 1.33 bits per heavy atom. The minimum Gasteiger partial charge on any atom is -0.374 e. The maximum atomic E-state index is 15.0. The van der Waals surface area contributed by atoms with Gasteiger partial charge in [-0.25, -0.2) is 8.78 Å². The second-order valence-electron chi connectivity index (χ2n) is 8.34. The van der Waals surface area contributed by atoms with Gasteiger partial charge >= 0.3 is 0 Å². The van der Waals surface area contributed by atoms with Gasteiger partial charge < -0.3 is 14.8 Å². The van der Waals surface area contributed by atoms with Crippen LogP contribution in [-0.2, 0) is 20.9 Å². The summed E-state index contributed by atoms with van der Waals surface area (Å²) in [7, 11) is 3.46. The lowest BCUT2D eigenvalue weighted by Gasteiger charge is -2.66. The number of carbonyl (C=O) groups is 1. The van der Waals surface area contributed by atoms with E-state index < -0.39 is 29.0 Å². The quantitative estimate of drug-likeness (QED) is 0.798. The third kappa shape index (κ3) is 3.59. The Morgan fingerprint density at radius 3 is 2.83 bits per heavy atom. The second-order valence-corrected chi connectivity index (χ2v) is 8.34. The average molecular weight is 418 g/mol. The number of rotatable bonds is 5. The lowest BCUT2D eigenvalue weighted by atomic mass is 9.58. The first-order chi connectivity index (χ1) is 14.5. The molecule has 4 rings (SSSR count). The zero-order valence-electron chi connectivity index (χ0n) is 17.3. The monoisotopic (exact) mass is 418 g/mol. The molecular formula is C23H28F2N2O3. The molecule has 2 heterocycles. The number of allylic oxidation sites excluding steroid dienone is 2. The third-order valence-electron chi connectivity index (χ3n) is 6.84. The molecule has 0 radical (unpaired) electrons. The molecule has 3 aliphatic rings. The van der Waals surface area contributed by atoms with Crippen molar-refractivity contribution in [1.29, 1.82) is 0 Å². The number of benzene rings is 1. The standard InChI is InChI=1S/C23H28F2N2O3/c1-26-22(28)18-11-17(13-29-12-15-6-4-3-5-7-15)30-14-23(18)21-19(25)10-16(24)8-9-20(21)27(23)2/h3-8,10,17-18,20-21H,9,11-14H2,1-2H3,(H,26,28)/t17-,18+,20?,21?,23+/m1/s1. The summed E-state index contributed by atoms with van der Waals surface area (Å²) in [5, 5.41) is 2.72. The van der Waals surface area contributed by atoms with Crippen LogP contribution in [0.25, 0.3) is 0 Å². The van der Waals surface area contributed by atoms with E-state index in [1.165, 1.54) is 6.08 Å². The van der Waals surface area contributed by atoms with Gasteiger partial charge in [0.25, 0.3) is 0 Å². The molecule has 2 fully saturated rings. The molecule has 162 valence electrons. The Balaban J connectivity index is 1.49. The summed E-state index contributed by atoms with van der Waals surface area (Å²) in [5.41, 5.74) is 0.245. The van der Waals surface area contributed by atoms with Gasteiger partial charge in [0.2, 0.25) is 5.91 Å². The number of nitrogens with zero attached hydrogens (tertiary/aromatic N) is 1. The van der Waals surface area contributed by atoms with Crippen molar-refractivity contribution in [2.45, 2.75) is 37.1 Å². The second kappa shape index (κ2) is 8.57. The highest BCUT2D eigenvalue weighted by atomic mass is 19.1. The highest BCUT2D eigenvalue weighted by molar-refractivity contribution is 5.80. The minimum atomic E-state index is -0.820. The highest BCUT2D eigenvalue weighted by Gasteiger charge is 2.66. The topological polar surface area (TPSA) is 50.8 Å². The van der Waals surface area contributed by atoms with E-state index in [-0.39, 0.29) is 24.7 Å². The largest absolute Gasteiger partial charge is 0.374 e. The van der Waals surface area contributed by atoms with Crippen LogP contribution in [0.2, 0.25) is 0 Å². The first-order valence-electron chi connectivity index (χ1n) is 10.4. The molecule has 0 aromatic heterocycles. The molecule has 5 nitrogen and oxygen atoms in total. The van der Waals surface area contributed by atoms with Crippen LogP contribution in [0.1, 0.15) is 18.4 Å². The Morgan fingerprint density at radius 2 is 2.10 bits per heavy atom. The van der Waals surface area contributed by atoms with E-state index in [9.17, 15) is 13.6 Å². The molecule has 2 unspecified atom stereocenters. The van der Waals surface area contributed by atoms with Crippen LogP contribution in [0.3, 0.4) is 0 Å². The van der Waals surface area contributed by atoms with Crippen molar-refractivity contribution in [3.05, 3.63) is 59.7 Å². The molecule has 2 saturated heterocycles. The number of carbonyl (C=O) groups excluding carboxylic acids is 1. The molecule has 30 heavy (non-hydrogen) atoms. The van der Waals surface area contributed by atoms with Crippen LogP contribution >= 0.6 is 0 Å². The molecule has 2 aliphatic heterocycles. The van der Waals surface area contributed by atoms with Crippen molar-refractivity contribution in [1.82, 2.24) is 10.2 Å². The summed E-state index contributed by atoms with van der Waals surface area (Å²) in [6.45, 7) is 1.01. The summed E-state index contributed by atoms with van der Waals surface area (Å²) in [5.74, 6) is -2.28. The predicted molar refractivity (Wildman–Crippen MR) is 109 cm³/mol. The molecule has 0 bridgehead atoms. The SMILES string of the molecule is CNC(=O)[C@@H]1C[C@H](COCc2ccccc2)OC[C@@]12C1C(F)=CC(F)=CCC1N2C. The van der Waals surface area contributed by atoms with Gasteiger partial charge in [-0.2, -0.15) is 0 Å². The zero-order valence-corrected chi connectivity index (χ0v) is 17.3. The van der Waals surface area contributed by atoms with E-state index in [4.69, 9.17) is 9.47 Å². The predicted octanol–water partition coefficient (Wildman–Crippen LogP) is 3.13. The highest BCUT2D eigenvalue weighted by Crippen LogP contribution is 2.55. The fraction of sp³-hybridized carbons (Fsp3) is 0.522. The van der Waals surface area contributed by atoms with E-state index in [2.05, 4.69) is 5.32 Å². The number of likely N-dealkylation sites (N-methyl/N-ethyl adjacent to an activating group) is 1. The third-order valence-corrected chi connectivity index (χ3v) is 6.84. The lowest BCUT2D eigenvalue weighted by molar-refractivity contribution is -0.224. The Bertz CT molecular complexity index is 844. The van der Waals surface area contributed by atoms with E-state index in [0.717, 1.165) is 11.6 Å². The first-order valence-corrected chi connectivity index (χ1v) is 10.4. The van der Waals surface area contributed by atoms with Crippen molar-refractivity contribution in [2.24, 2.45) is 11.8 Å². The van der Waals surface area contributed by atoms with Gasteiger partial charge in [0, 0.05) is 25.1 Å². The molecule has 1 N–H and O–H groups in total. The van der Waals surface area contributed by atoms with E-state index in [0.29, 0.717) is 26.1 Å². The van der Waals surface area contributed by atoms with Gasteiger partial charge in [-0.05, 0) is 31.5 Å². The summed E-state index contributed by atoms with van der Waals surface area (Å²) in [6.07, 6.45) is 2.93. The molecule has 1 amide bonds. The number of likely N-dealkylation sites (tertiary alicyclic amines) is 1. The number of fused-ring (bicyclic) bond motifs is 2. The molecule has 1 spiro atoms. The van der Waals surface area contributed by atoms with Crippen LogP contribution in [0.5, 0.6) is 0 Å². The van der Waals surface area contributed by atoms with Crippen LogP contribution < -0.4 is 5.32 Å². The van der Waals surface area contributed by atoms with Gasteiger partial charge in [-0.1, -0.05) is 30.3 Å². The fourth-order valence-electron chi connectivity index (χ4n) is 5.28. The molecule has 0 saturated carbocycles. The van der Waals surface area contributed by atoms with E-state index >= 15 is 0 Å². The average Bonchev–Trinajstić information content (AvgIpc) is 2.89. The number of hydrogen-bond acceptors (Lipinski definition) is 4. The number of halogens is 2. The van der Waals surface area contributed by atoms with Gasteiger partial charge in [0.05, 0.1) is 37.4 Å². The molecule has 5 atom stereocenters. The lowest BCUT2D eigenvalue weighted by Crippen LogP contribution is -2.79. The molecule has 1 aliphatic carbocycles. The Labute approximate surface area is 175 Å². The van der Waals surface area contributed by atoms with Crippen LogP contribution in [0.4, 0.5) is 8.78 Å². The van der Waals surface area contributed by atoms with Gasteiger partial charge in [-0.3, -0.25) is 9.69 Å². The van der Waals surface area contributed by atoms with Crippen molar-refractivity contribution in [3.63, 3.8) is 0 Å². The van der Waals surface area contributed by atoms with Gasteiger partial charge in [0.1, 0.15) is 11.7 Å². The van der Waals surface area contributed by atoms with Crippen LogP contribution in [-0.4, -0.2) is 55.8 Å². The summed E-state index contributed by atoms with van der Waals surface area (Å²) in [6, 6.07) is 9.65. The van der Waals surface area contributed by atoms with Crippen molar-refractivity contribution in [2.75, 3.05) is 27.3 Å². The maximum Gasteiger partial charge on any atom is 0.224 e. The van der Waals surface area contributed by atoms with Gasteiger partial charge in [0.15, 0.2) is 0 Å². The molecule has 1 aromatic carbocycles. The zero-order chi connectivity index (χ0) is 21.3. The normalized spacial score (nSPS) is 33.7. The summed E-state index contributed by atoms with van der Waals surface area (Å²) >= 11 is 0. The van der Waals surface area contributed by atoms with E-state index in [1.54, 1.807) is 7.05 Å². The summed E-state index contributed by atoms with van der Waals surface area (Å²) < 4.78 is 40.7. The van der Waals surface area contributed by atoms with E-state index in [1.807, 2.05) is 42.3 Å². The molecular weight excluding hydrogens is 390 g/mol. The van der Waals surface area contributed by atoms with Crippen molar-refractivity contribution < 1.29 is 23.0 Å².